The number of carbonyl (C=O) groups excluding carboxylic acids is 3. The molecule has 1 aromatic heterocycles. The summed E-state index contributed by atoms with van der Waals surface area (Å²) in [6, 6.07) is 8.42. The van der Waals surface area contributed by atoms with Crippen molar-refractivity contribution in [2.45, 2.75) is 6.92 Å². The smallest absolute Gasteiger partial charge is 0.257 e. The van der Waals surface area contributed by atoms with Gasteiger partial charge in [0, 0.05) is 44.4 Å². The van der Waals surface area contributed by atoms with Crippen LogP contribution in [0.3, 0.4) is 0 Å². The van der Waals surface area contributed by atoms with E-state index in [9.17, 15) is 14.4 Å². The maximum absolute atomic E-state index is 12.6. The zero-order valence-corrected chi connectivity index (χ0v) is 13.9. The van der Waals surface area contributed by atoms with Gasteiger partial charge in [-0.25, -0.2) is 0 Å². The summed E-state index contributed by atoms with van der Waals surface area (Å²) in [5, 5.41) is 2.67. The summed E-state index contributed by atoms with van der Waals surface area (Å²) in [4.78, 5) is 39.3. The number of anilines is 1. The fourth-order valence-electron chi connectivity index (χ4n) is 2.76. The molecule has 0 bridgehead atoms. The normalized spacial score (nSPS) is 14.3. The molecule has 25 heavy (non-hydrogen) atoms. The Morgan fingerprint density at radius 3 is 1.92 bits per heavy atom. The summed E-state index contributed by atoms with van der Waals surface area (Å²) in [6.07, 6.45) is 2.90. The van der Waals surface area contributed by atoms with Gasteiger partial charge in [-0.1, -0.05) is 0 Å². The second-order valence-corrected chi connectivity index (χ2v) is 5.85. The van der Waals surface area contributed by atoms with Gasteiger partial charge in [-0.15, -0.1) is 0 Å². The molecule has 2 heterocycles. The van der Waals surface area contributed by atoms with E-state index in [-0.39, 0.29) is 17.7 Å². The lowest BCUT2D eigenvalue weighted by molar-refractivity contribution is -0.114. The van der Waals surface area contributed by atoms with Crippen molar-refractivity contribution in [3.8, 4) is 0 Å². The van der Waals surface area contributed by atoms with Crippen LogP contribution in [-0.4, -0.2) is 53.7 Å². The number of nitrogens with one attached hydrogen (secondary N) is 1. The number of amides is 3. The summed E-state index contributed by atoms with van der Waals surface area (Å²) in [6.45, 7) is 3.37. The second-order valence-electron chi connectivity index (χ2n) is 5.85. The van der Waals surface area contributed by atoms with Crippen LogP contribution in [0.4, 0.5) is 5.69 Å². The summed E-state index contributed by atoms with van der Waals surface area (Å²) in [5.41, 5.74) is 1.73. The van der Waals surface area contributed by atoms with Crippen LogP contribution >= 0.6 is 0 Å². The Hall–Kier alpha value is -3.09. The lowest BCUT2D eigenvalue weighted by atomic mass is 10.1. The lowest BCUT2D eigenvalue weighted by Gasteiger charge is -2.34. The van der Waals surface area contributed by atoms with Crippen LogP contribution in [0.25, 0.3) is 0 Å². The van der Waals surface area contributed by atoms with Crippen LogP contribution < -0.4 is 5.32 Å². The number of hydrogen-bond acceptors (Lipinski definition) is 4. The minimum absolute atomic E-state index is 0.0789. The summed E-state index contributed by atoms with van der Waals surface area (Å²) >= 11 is 0. The van der Waals surface area contributed by atoms with E-state index < -0.39 is 0 Å². The first-order chi connectivity index (χ1) is 12.0. The molecule has 0 spiro atoms. The third kappa shape index (κ3) is 3.88. The van der Waals surface area contributed by atoms with Crippen LogP contribution in [-0.2, 0) is 4.79 Å². The highest BCUT2D eigenvalue weighted by Crippen LogP contribution is 2.14. The van der Waals surface area contributed by atoms with Gasteiger partial charge in [-0.05, 0) is 30.3 Å². The Morgan fingerprint density at radius 1 is 0.880 bits per heavy atom. The fourth-order valence-corrected chi connectivity index (χ4v) is 2.76. The molecule has 1 aromatic carbocycles. The molecule has 1 saturated heterocycles. The van der Waals surface area contributed by atoms with E-state index in [1.807, 2.05) is 0 Å². The van der Waals surface area contributed by atoms with Gasteiger partial charge >= 0.3 is 0 Å². The minimum Gasteiger partial charge on any atom is -0.472 e. The molecule has 0 atom stereocenters. The zero-order valence-electron chi connectivity index (χ0n) is 13.9. The predicted molar refractivity (Wildman–Crippen MR) is 91.3 cm³/mol. The molecule has 0 saturated carbocycles. The molecule has 7 heteroatoms. The van der Waals surface area contributed by atoms with Crippen LogP contribution in [0.15, 0.2) is 47.3 Å². The largest absolute Gasteiger partial charge is 0.472 e. The lowest BCUT2D eigenvalue weighted by Crippen LogP contribution is -2.50. The molecule has 1 aliphatic heterocycles. The first kappa shape index (κ1) is 16.8. The predicted octanol–water partition coefficient (Wildman–Crippen LogP) is 1.84. The van der Waals surface area contributed by atoms with Crippen molar-refractivity contribution >= 4 is 23.4 Å². The van der Waals surface area contributed by atoms with Crippen molar-refractivity contribution in [2.75, 3.05) is 31.5 Å². The number of rotatable bonds is 3. The maximum atomic E-state index is 12.6. The zero-order chi connectivity index (χ0) is 17.8. The van der Waals surface area contributed by atoms with Crippen LogP contribution in [0.2, 0.25) is 0 Å². The van der Waals surface area contributed by atoms with E-state index >= 15 is 0 Å². The van der Waals surface area contributed by atoms with Gasteiger partial charge < -0.3 is 19.5 Å². The van der Waals surface area contributed by atoms with E-state index in [1.165, 1.54) is 19.5 Å². The molecule has 130 valence electrons. The highest BCUT2D eigenvalue weighted by Gasteiger charge is 2.25. The van der Waals surface area contributed by atoms with Gasteiger partial charge in [0.25, 0.3) is 11.8 Å². The number of carbonyl (C=O) groups is 3. The molecule has 1 N–H and O–H groups in total. The first-order valence-electron chi connectivity index (χ1n) is 8.03. The van der Waals surface area contributed by atoms with E-state index in [2.05, 4.69) is 5.32 Å². The third-order valence-corrected chi connectivity index (χ3v) is 4.07. The van der Waals surface area contributed by atoms with Gasteiger partial charge in [0.15, 0.2) is 0 Å². The third-order valence-electron chi connectivity index (χ3n) is 4.07. The van der Waals surface area contributed by atoms with Crippen molar-refractivity contribution in [1.29, 1.82) is 0 Å². The minimum atomic E-state index is -0.155. The molecule has 2 aromatic rings. The highest BCUT2D eigenvalue weighted by atomic mass is 16.3. The molecule has 3 amide bonds. The number of nitrogens with zero attached hydrogens (tertiary/aromatic N) is 2. The molecular formula is C18H19N3O4. The van der Waals surface area contributed by atoms with Gasteiger partial charge in [-0.3, -0.25) is 14.4 Å². The second kappa shape index (κ2) is 7.21. The Kier molecular flexibility index (Phi) is 4.83. The maximum Gasteiger partial charge on any atom is 0.257 e. The summed E-state index contributed by atoms with van der Waals surface area (Å²) in [7, 11) is 0. The first-order valence-corrected chi connectivity index (χ1v) is 8.03. The molecular weight excluding hydrogens is 322 g/mol. The Labute approximate surface area is 145 Å². The molecule has 1 fully saturated rings. The topological polar surface area (TPSA) is 82.9 Å². The van der Waals surface area contributed by atoms with Gasteiger partial charge in [0.2, 0.25) is 5.91 Å². The van der Waals surface area contributed by atoms with Crippen molar-refractivity contribution < 1.29 is 18.8 Å². The molecule has 0 unspecified atom stereocenters. The molecule has 0 aliphatic carbocycles. The van der Waals surface area contributed by atoms with Crippen molar-refractivity contribution in [1.82, 2.24) is 9.80 Å². The standard InChI is InChI=1S/C18H19N3O4/c1-13(22)19-16-4-2-14(3-5-16)17(23)20-7-9-21(10-8-20)18(24)15-6-11-25-12-15/h2-6,11-12H,7-10H2,1H3,(H,19,22). The molecule has 7 nitrogen and oxygen atoms in total. The Balaban J connectivity index is 1.58. The van der Waals surface area contributed by atoms with Gasteiger partial charge in [-0.2, -0.15) is 0 Å². The van der Waals surface area contributed by atoms with Crippen molar-refractivity contribution in [3.05, 3.63) is 54.0 Å². The highest BCUT2D eigenvalue weighted by molar-refractivity contribution is 5.96. The summed E-state index contributed by atoms with van der Waals surface area (Å²) in [5.74, 6) is -0.317. The van der Waals surface area contributed by atoms with E-state index in [0.717, 1.165) is 0 Å². The number of hydrogen-bond donors (Lipinski definition) is 1. The fraction of sp³-hybridized carbons (Fsp3) is 0.278. The van der Waals surface area contributed by atoms with Gasteiger partial charge in [0.05, 0.1) is 11.8 Å². The van der Waals surface area contributed by atoms with Gasteiger partial charge in [0.1, 0.15) is 6.26 Å². The molecule has 1 aliphatic rings. The quantitative estimate of drug-likeness (QED) is 0.923. The van der Waals surface area contributed by atoms with E-state index in [4.69, 9.17) is 4.42 Å². The monoisotopic (exact) mass is 341 g/mol. The van der Waals surface area contributed by atoms with Crippen LogP contribution in [0.5, 0.6) is 0 Å². The van der Waals surface area contributed by atoms with E-state index in [0.29, 0.717) is 43.0 Å². The van der Waals surface area contributed by atoms with E-state index in [1.54, 1.807) is 40.1 Å². The molecule has 3 rings (SSSR count). The molecule has 0 radical (unpaired) electrons. The number of benzene rings is 1. The Bertz CT molecular complexity index is 760. The average Bonchev–Trinajstić information content (AvgIpc) is 3.15. The number of furan rings is 1. The number of piperazine rings is 1. The SMILES string of the molecule is CC(=O)Nc1ccc(C(=O)N2CCN(C(=O)c3ccoc3)CC2)cc1. The van der Waals surface area contributed by atoms with Crippen LogP contribution in [0.1, 0.15) is 27.6 Å². The summed E-state index contributed by atoms with van der Waals surface area (Å²) < 4.78 is 4.94. The van der Waals surface area contributed by atoms with Crippen molar-refractivity contribution in [2.24, 2.45) is 0 Å². The Morgan fingerprint density at radius 2 is 1.44 bits per heavy atom. The van der Waals surface area contributed by atoms with Crippen molar-refractivity contribution in [3.63, 3.8) is 0 Å². The van der Waals surface area contributed by atoms with Crippen LogP contribution in [0, 0.1) is 0 Å². The average molecular weight is 341 g/mol.